The number of ether oxygens (including phenoxy) is 2. The molecular formula is C20H26FNO4. The fourth-order valence-electron chi connectivity index (χ4n) is 4.15. The average Bonchev–Trinajstić information content (AvgIpc) is 3.09. The maximum absolute atomic E-state index is 14.3. The van der Waals surface area contributed by atoms with Gasteiger partial charge in [0.1, 0.15) is 5.82 Å². The molecule has 1 aliphatic heterocycles. The van der Waals surface area contributed by atoms with Gasteiger partial charge in [-0.3, -0.25) is 9.59 Å². The molecule has 1 saturated carbocycles. The van der Waals surface area contributed by atoms with Crippen molar-refractivity contribution in [3.63, 3.8) is 0 Å². The van der Waals surface area contributed by atoms with Crippen LogP contribution in [0.5, 0.6) is 0 Å². The molecule has 1 aromatic rings. The van der Waals surface area contributed by atoms with Crippen LogP contribution in [-0.4, -0.2) is 48.7 Å². The molecule has 1 heterocycles. The summed E-state index contributed by atoms with van der Waals surface area (Å²) in [5, 5.41) is 0. The largest absolute Gasteiger partial charge is 0.455 e. The van der Waals surface area contributed by atoms with Gasteiger partial charge < -0.3 is 14.4 Å². The van der Waals surface area contributed by atoms with Crippen LogP contribution in [0.25, 0.3) is 0 Å². The summed E-state index contributed by atoms with van der Waals surface area (Å²) >= 11 is 0. The molecule has 2 unspecified atom stereocenters. The van der Waals surface area contributed by atoms with Crippen molar-refractivity contribution in [1.82, 2.24) is 4.90 Å². The van der Waals surface area contributed by atoms with Crippen molar-refractivity contribution < 1.29 is 23.5 Å². The van der Waals surface area contributed by atoms with E-state index in [9.17, 15) is 14.0 Å². The molecule has 3 rings (SSSR count). The molecule has 1 amide bonds. The van der Waals surface area contributed by atoms with Gasteiger partial charge in [-0.25, -0.2) is 4.39 Å². The predicted octanol–water partition coefficient (Wildman–Crippen LogP) is 2.82. The molecule has 142 valence electrons. The van der Waals surface area contributed by atoms with E-state index in [-0.39, 0.29) is 24.7 Å². The second-order valence-electron chi connectivity index (χ2n) is 7.40. The van der Waals surface area contributed by atoms with E-state index in [0.29, 0.717) is 31.5 Å². The van der Waals surface area contributed by atoms with E-state index in [0.717, 1.165) is 12.8 Å². The normalized spacial score (nSPS) is 25.1. The summed E-state index contributed by atoms with van der Waals surface area (Å²) in [6, 6.07) is 6.35. The summed E-state index contributed by atoms with van der Waals surface area (Å²) in [6.45, 7) is 4.48. The van der Waals surface area contributed by atoms with Crippen molar-refractivity contribution in [3.8, 4) is 0 Å². The van der Waals surface area contributed by atoms with Gasteiger partial charge in [-0.1, -0.05) is 31.0 Å². The van der Waals surface area contributed by atoms with Crippen LogP contribution in [0.3, 0.4) is 0 Å². The fraction of sp³-hybridized carbons (Fsp3) is 0.600. The van der Waals surface area contributed by atoms with E-state index in [4.69, 9.17) is 9.47 Å². The quantitative estimate of drug-likeness (QED) is 0.772. The number of amides is 1. The van der Waals surface area contributed by atoms with Crippen molar-refractivity contribution >= 4 is 11.9 Å². The maximum Gasteiger partial charge on any atom is 0.317 e. The monoisotopic (exact) mass is 363 g/mol. The lowest BCUT2D eigenvalue weighted by molar-refractivity contribution is -0.161. The maximum atomic E-state index is 14.3. The molecule has 26 heavy (non-hydrogen) atoms. The lowest BCUT2D eigenvalue weighted by Crippen LogP contribution is -2.49. The molecule has 2 aliphatic rings. The Morgan fingerprint density at radius 1 is 1.19 bits per heavy atom. The van der Waals surface area contributed by atoms with Gasteiger partial charge in [0.15, 0.2) is 6.61 Å². The van der Waals surface area contributed by atoms with Crippen molar-refractivity contribution in [2.75, 3.05) is 19.7 Å². The van der Waals surface area contributed by atoms with Gasteiger partial charge >= 0.3 is 5.97 Å². The summed E-state index contributed by atoms with van der Waals surface area (Å²) in [5.41, 5.74) is -0.597. The molecule has 1 aliphatic carbocycles. The zero-order valence-corrected chi connectivity index (χ0v) is 15.4. The Hall–Kier alpha value is -1.95. The number of carbonyl (C=O) groups excluding carboxylic acids is 2. The lowest BCUT2D eigenvalue weighted by Gasteiger charge is -2.35. The first-order valence-corrected chi connectivity index (χ1v) is 9.28. The SMILES string of the molecule is CC1CN(C(=O)COC(=O)C2(c3ccccc3F)CCCC2)CC(C)O1. The highest BCUT2D eigenvalue weighted by atomic mass is 19.1. The van der Waals surface area contributed by atoms with Crippen molar-refractivity contribution in [3.05, 3.63) is 35.6 Å². The van der Waals surface area contributed by atoms with Gasteiger partial charge in [0.05, 0.1) is 17.6 Å². The van der Waals surface area contributed by atoms with Crippen LogP contribution >= 0.6 is 0 Å². The summed E-state index contributed by atoms with van der Waals surface area (Å²) in [7, 11) is 0. The minimum atomic E-state index is -0.975. The van der Waals surface area contributed by atoms with Crippen molar-refractivity contribution in [1.29, 1.82) is 0 Å². The Morgan fingerprint density at radius 3 is 2.42 bits per heavy atom. The molecule has 0 aromatic heterocycles. The number of rotatable bonds is 4. The number of morpholine rings is 1. The van der Waals surface area contributed by atoms with E-state index in [2.05, 4.69) is 0 Å². The van der Waals surface area contributed by atoms with Crippen LogP contribution in [0.1, 0.15) is 45.1 Å². The third-order valence-electron chi connectivity index (χ3n) is 5.34. The Balaban J connectivity index is 1.68. The molecule has 6 heteroatoms. The Bertz CT molecular complexity index is 662. The van der Waals surface area contributed by atoms with E-state index < -0.39 is 17.2 Å². The summed E-state index contributed by atoms with van der Waals surface area (Å²) < 4.78 is 25.3. The number of nitrogens with zero attached hydrogens (tertiary/aromatic N) is 1. The second kappa shape index (κ2) is 7.74. The second-order valence-corrected chi connectivity index (χ2v) is 7.40. The fourth-order valence-corrected chi connectivity index (χ4v) is 4.15. The van der Waals surface area contributed by atoms with Gasteiger partial charge in [0.25, 0.3) is 5.91 Å². The number of esters is 1. The Morgan fingerprint density at radius 2 is 1.81 bits per heavy atom. The van der Waals surface area contributed by atoms with E-state index in [1.165, 1.54) is 6.07 Å². The molecule has 2 fully saturated rings. The zero-order chi connectivity index (χ0) is 18.7. The number of halogens is 1. The molecule has 1 saturated heterocycles. The predicted molar refractivity (Wildman–Crippen MR) is 94.1 cm³/mol. The minimum absolute atomic E-state index is 0.0435. The number of hydrogen-bond donors (Lipinski definition) is 0. The van der Waals surface area contributed by atoms with Gasteiger partial charge in [-0.2, -0.15) is 0 Å². The third kappa shape index (κ3) is 3.75. The number of hydrogen-bond acceptors (Lipinski definition) is 4. The highest BCUT2D eigenvalue weighted by Gasteiger charge is 2.46. The molecule has 2 atom stereocenters. The molecule has 1 aromatic carbocycles. The first-order chi connectivity index (χ1) is 12.4. The Labute approximate surface area is 153 Å². The zero-order valence-electron chi connectivity index (χ0n) is 15.4. The average molecular weight is 363 g/mol. The molecule has 0 N–H and O–H groups in total. The van der Waals surface area contributed by atoms with Crippen molar-refractivity contribution in [2.24, 2.45) is 0 Å². The molecular weight excluding hydrogens is 337 g/mol. The van der Waals surface area contributed by atoms with E-state index >= 15 is 0 Å². The number of carbonyl (C=O) groups is 2. The molecule has 0 bridgehead atoms. The van der Waals surface area contributed by atoms with E-state index in [1.54, 1.807) is 23.1 Å². The van der Waals surface area contributed by atoms with Crippen LogP contribution in [0.2, 0.25) is 0 Å². The Kier molecular flexibility index (Phi) is 5.61. The molecule has 5 nitrogen and oxygen atoms in total. The van der Waals surface area contributed by atoms with Gasteiger partial charge in [-0.15, -0.1) is 0 Å². The van der Waals surface area contributed by atoms with Crippen LogP contribution in [0.15, 0.2) is 24.3 Å². The highest BCUT2D eigenvalue weighted by Crippen LogP contribution is 2.43. The van der Waals surface area contributed by atoms with E-state index in [1.807, 2.05) is 13.8 Å². The van der Waals surface area contributed by atoms with Crippen LogP contribution in [0.4, 0.5) is 4.39 Å². The van der Waals surface area contributed by atoms with Crippen LogP contribution < -0.4 is 0 Å². The standard InChI is InChI=1S/C20H26FNO4/c1-14-11-22(12-15(2)26-14)18(23)13-25-19(24)20(9-5-6-10-20)16-7-3-4-8-17(16)21/h3-4,7-8,14-15H,5-6,9-13H2,1-2H3. The summed E-state index contributed by atoms with van der Waals surface area (Å²) in [6.07, 6.45) is 2.70. The lowest BCUT2D eigenvalue weighted by atomic mass is 9.78. The summed E-state index contributed by atoms with van der Waals surface area (Å²) in [5.74, 6) is -1.13. The molecule has 0 radical (unpaired) electrons. The van der Waals surface area contributed by atoms with Crippen LogP contribution in [0, 0.1) is 5.82 Å². The molecule has 0 spiro atoms. The smallest absolute Gasteiger partial charge is 0.317 e. The van der Waals surface area contributed by atoms with Crippen LogP contribution in [-0.2, 0) is 24.5 Å². The van der Waals surface area contributed by atoms with Gasteiger partial charge in [-0.05, 0) is 32.8 Å². The van der Waals surface area contributed by atoms with Gasteiger partial charge in [0, 0.05) is 18.7 Å². The topological polar surface area (TPSA) is 55.8 Å². The first-order valence-electron chi connectivity index (χ1n) is 9.28. The summed E-state index contributed by atoms with van der Waals surface area (Å²) in [4.78, 5) is 27.0. The van der Waals surface area contributed by atoms with Gasteiger partial charge in [0.2, 0.25) is 0 Å². The van der Waals surface area contributed by atoms with Crippen molar-refractivity contribution in [2.45, 2.75) is 57.2 Å². The minimum Gasteiger partial charge on any atom is -0.455 e. The first kappa shape index (κ1) is 18.8. The highest BCUT2D eigenvalue weighted by molar-refractivity contribution is 5.87. The third-order valence-corrected chi connectivity index (χ3v) is 5.34. The number of benzene rings is 1.